The zero-order valence-corrected chi connectivity index (χ0v) is 10.8. The van der Waals surface area contributed by atoms with Crippen LogP contribution in [0.15, 0.2) is 29.8 Å². The molecule has 0 atom stereocenters. The van der Waals surface area contributed by atoms with Crippen molar-refractivity contribution in [3.8, 4) is 0 Å². The summed E-state index contributed by atoms with van der Waals surface area (Å²) in [5.41, 5.74) is 1.49. The molecule has 1 aliphatic rings. The Morgan fingerprint density at radius 1 is 1.36 bits per heavy atom. The molecule has 2 heteroatoms. The molecule has 1 nitrogen and oxygen atoms in total. The van der Waals surface area contributed by atoms with Crippen molar-refractivity contribution in [2.75, 3.05) is 0 Å². The van der Waals surface area contributed by atoms with Gasteiger partial charge in [0.2, 0.25) is 0 Å². The molecule has 0 saturated heterocycles. The quantitative estimate of drug-likeness (QED) is 0.589. The van der Waals surface area contributed by atoms with Crippen LogP contribution in [0.3, 0.4) is 0 Å². The number of Topliss-reactive ketones (excluding diaryl/α,β-unsaturated/α-hetero) is 1. The molecule has 1 aromatic carbocycles. The molecule has 69 valence electrons. The van der Waals surface area contributed by atoms with Gasteiger partial charge in [-0.15, -0.1) is 47.9 Å². The Bertz CT molecular complexity index is 341. The molecule has 0 spiro atoms. The molecule has 2 rings (SSSR count). The molecule has 0 aliphatic heterocycles. The summed E-state index contributed by atoms with van der Waals surface area (Å²) in [5.74, 6) is 0.0955. The van der Waals surface area contributed by atoms with Gasteiger partial charge in [-0.3, -0.25) is 6.08 Å². The van der Waals surface area contributed by atoms with Gasteiger partial charge >= 0.3 is 0 Å². The Balaban J connectivity index is 0.000000980. The maximum atomic E-state index is 11.7. The van der Waals surface area contributed by atoms with Gasteiger partial charge < -0.3 is 4.79 Å². The molecular weight excluding hydrogens is 249 g/mol. The van der Waals surface area contributed by atoms with Gasteiger partial charge in [0.1, 0.15) is 0 Å². The van der Waals surface area contributed by atoms with Crippen LogP contribution < -0.4 is 0 Å². The number of carbonyl (C=O) groups is 1. The molecule has 0 N–H and O–H groups in total. The maximum Gasteiger partial charge on any atom is 0.0852 e. The first-order valence-corrected chi connectivity index (χ1v) is 4.49. The SMILES string of the molecule is O=C(C1=[C-]CCC1)c1[c-]cccc1.[Y]. The summed E-state index contributed by atoms with van der Waals surface area (Å²) in [5, 5.41) is 0. The number of hydrogen-bond donors (Lipinski definition) is 0. The number of hydrogen-bond acceptors (Lipinski definition) is 1. The van der Waals surface area contributed by atoms with E-state index >= 15 is 0 Å². The molecule has 1 aromatic rings. The minimum Gasteiger partial charge on any atom is -0.348 e. The molecule has 0 amide bonds. The van der Waals surface area contributed by atoms with E-state index in [-0.39, 0.29) is 38.5 Å². The first kappa shape index (κ1) is 11.8. The molecule has 0 aromatic heterocycles. The summed E-state index contributed by atoms with van der Waals surface area (Å²) in [6.45, 7) is 0. The van der Waals surface area contributed by atoms with E-state index in [1.54, 1.807) is 12.1 Å². The second-order valence-corrected chi connectivity index (χ2v) is 3.11. The van der Waals surface area contributed by atoms with Crippen molar-refractivity contribution in [2.45, 2.75) is 19.3 Å². The predicted molar refractivity (Wildman–Crippen MR) is 50.2 cm³/mol. The molecule has 0 saturated carbocycles. The van der Waals surface area contributed by atoms with Gasteiger partial charge in [0, 0.05) is 32.7 Å². The van der Waals surface area contributed by atoms with Crippen LogP contribution in [0.4, 0.5) is 0 Å². The Labute approximate surface area is 109 Å². The zero-order valence-electron chi connectivity index (χ0n) is 7.92. The van der Waals surface area contributed by atoms with E-state index in [2.05, 4.69) is 12.1 Å². The number of ketones is 1. The average molecular weight is 259 g/mol. The van der Waals surface area contributed by atoms with Crippen molar-refractivity contribution in [1.29, 1.82) is 0 Å². The summed E-state index contributed by atoms with van der Waals surface area (Å²) in [4.78, 5) is 11.7. The van der Waals surface area contributed by atoms with E-state index in [0.29, 0.717) is 5.56 Å². The average Bonchev–Trinajstić information content (AvgIpc) is 2.71. The molecule has 14 heavy (non-hydrogen) atoms. The number of carbonyl (C=O) groups excluding carboxylic acids is 1. The largest absolute Gasteiger partial charge is 0.348 e. The van der Waals surface area contributed by atoms with Crippen molar-refractivity contribution in [1.82, 2.24) is 0 Å². The van der Waals surface area contributed by atoms with Crippen molar-refractivity contribution in [3.63, 3.8) is 0 Å². The monoisotopic (exact) mass is 259 g/mol. The van der Waals surface area contributed by atoms with Gasteiger partial charge in [-0.2, -0.15) is 0 Å². The fraction of sp³-hybridized carbons (Fsp3) is 0.250. The van der Waals surface area contributed by atoms with Crippen LogP contribution in [-0.4, -0.2) is 5.78 Å². The van der Waals surface area contributed by atoms with Crippen LogP contribution in [0.2, 0.25) is 0 Å². The van der Waals surface area contributed by atoms with Gasteiger partial charge in [0.15, 0.2) is 0 Å². The van der Waals surface area contributed by atoms with Crippen LogP contribution in [0.5, 0.6) is 0 Å². The van der Waals surface area contributed by atoms with Crippen molar-refractivity contribution < 1.29 is 37.5 Å². The summed E-state index contributed by atoms with van der Waals surface area (Å²) in [6, 6.07) is 10.2. The van der Waals surface area contributed by atoms with E-state index in [4.69, 9.17) is 0 Å². The van der Waals surface area contributed by atoms with Gasteiger partial charge in [-0.25, -0.2) is 0 Å². The molecule has 1 radical (unpaired) electrons. The molecular formula is C12H10OY-2. The van der Waals surface area contributed by atoms with Crippen LogP contribution >= 0.6 is 0 Å². The third-order valence-electron chi connectivity index (χ3n) is 2.17. The number of rotatable bonds is 2. The van der Waals surface area contributed by atoms with Crippen molar-refractivity contribution >= 4 is 5.78 Å². The normalized spacial score (nSPS) is 14.4. The second-order valence-electron chi connectivity index (χ2n) is 3.11. The minimum absolute atomic E-state index is 0. The minimum atomic E-state index is 0. The van der Waals surface area contributed by atoms with Crippen LogP contribution in [-0.2, 0) is 32.7 Å². The molecule has 0 bridgehead atoms. The first-order valence-electron chi connectivity index (χ1n) is 4.49. The Hall–Kier alpha value is -0.266. The van der Waals surface area contributed by atoms with Gasteiger partial charge in [-0.05, 0) is 0 Å². The topological polar surface area (TPSA) is 17.1 Å². The van der Waals surface area contributed by atoms with Gasteiger partial charge in [-0.1, -0.05) is 12.8 Å². The smallest absolute Gasteiger partial charge is 0.0852 e. The van der Waals surface area contributed by atoms with Crippen molar-refractivity contribution in [3.05, 3.63) is 47.5 Å². The summed E-state index contributed by atoms with van der Waals surface area (Å²) in [7, 11) is 0. The Morgan fingerprint density at radius 3 is 2.79 bits per heavy atom. The third-order valence-corrected chi connectivity index (χ3v) is 2.17. The number of benzene rings is 1. The van der Waals surface area contributed by atoms with E-state index in [9.17, 15) is 4.79 Å². The molecule has 0 heterocycles. The first-order chi connectivity index (χ1) is 6.38. The summed E-state index contributed by atoms with van der Waals surface area (Å²) in [6.07, 6.45) is 5.97. The van der Waals surface area contributed by atoms with Crippen LogP contribution in [0.25, 0.3) is 0 Å². The van der Waals surface area contributed by atoms with Gasteiger partial charge in [0.25, 0.3) is 0 Å². The third kappa shape index (κ3) is 2.62. The summed E-state index contributed by atoms with van der Waals surface area (Å²) < 4.78 is 0. The standard InChI is InChI=1S/C12H10O.Y/c13-12(11-8-4-5-9-11)10-6-2-1-3-7-10;/h1-3,6H,4-5,8H2;/q-2;. The van der Waals surface area contributed by atoms with Crippen LogP contribution in [0, 0.1) is 12.1 Å². The number of allylic oxidation sites excluding steroid dienone is 2. The molecule has 0 unspecified atom stereocenters. The van der Waals surface area contributed by atoms with E-state index in [0.717, 1.165) is 24.8 Å². The molecule has 0 fully saturated rings. The molecule has 1 aliphatic carbocycles. The fourth-order valence-electron chi connectivity index (χ4n) is 1.48. The van der Waals surface area contributed by atoms with Crippen LogP contribution in [0.1, 0.15) is 29.6 Å². The predicted octanol–water partition coefficient (Wildman–Crippen LogP) is 2.58. The zero-order chi connectivity index (χ0) is 9.10. The summed E-state index contributed by atoms with van der Waals surface area (Å²) >= 11 is 0. The maximum absolute atomic E-state index is 11.7. The fourth-order valence-corrected chi connectivity index (χ4v) is 1.48. The Kier molecular flexibility index (Phi) is 4.70. The van der Waals surface area contributed by atoms with Crippen molar-refractivity contribution in [2.24, 2.45) is 0 Å². The van der Waals surface area contributed by atoms with E-state index in [1.807, 2.05) is 12.1 Å². The van der Waals surface area contributed by atoms with E-state index < -0.39 is 0 Å². The van der Waals surface area contributed by atoms with Gasteiger partial charge in [0.05, 0.1) is 5.78 Å². The van der Waals surface area contributed by atoms with E-state index in [1.165, 1.54) is 0 Å². The second kappa shape index (κ2) is 5.57. The Morgan fingerprint density at radius 2 is 2.21 bits per heavy atom.